The van der Waals surface area contributed by atoms with E-state index in [4.69, 9.17) is 0 Å². The van der Waals surface area contributed by atoms with Gasteiger partial charge in [-0.05, 0) is 46.9 Å². The first-order chi connectivity index (χ1) is 6.79. The Hall–Kier alpha value is 0.143. The molecule has 2 aromatic carbocycles. The summed E-state index contributed by atoms with van der Waals surface area (Å²) in [4.78, 5) is 1.02. The van der Waals surface area contributed by atoms with Crippen molar-refractivity contribution in [2.45, 2.75) is 4.90 Å². The van der Waals surface area contributed by atoms with Crippen LogP contribution < -0.4 is 0 Å². The molecule has 0 spiro atoms. The van der Waals surface area contributed by atoms with Crippen LogP contribution in [-0.2, 0) is 19.5 Å². The number of benzene rings is 2. The molecule has 3 heteroatoms. The number of hydrogen-bond donors (Lipinski definition) is 1. The maximum atomic E-state index is 4.08. The number of hydrogen-bond acceptors (Lipinski definition) is 1. The summed E-state index contributed by atoms with van der Waals surface area (Å²) in [5, 5.41) is 0. The van der Waals surface area contributed by atoms with Gasteiger partial charge in [-0.15, -0.1) is 12.6 Å². The summed E-state index contributed by atoms with van der Waals surface area (Å²) in [5.74, 6) is 0. The zero-order chi connectivity index (χ0) is 10.2. The Bertz CT molecular complexity index is 313. The van der Waals surface area contributed by atoms with Crippen LogP contribution >= 0.6 is 35.2 Å². The molecule has 0 saturated carbocycles. The second-order valence-corrected chi connectivity index (χ2v) is 4.39. The molecule has 0 aliphatic heterocycles. The average molecular weight is 380 g/mol. The summed E-state index contributed by atoms with van der Waals surface area (Å²) >= 11 is 6.36. The first-order valence-electron chi connectivity index (χ1n) is 4.23. The van der Waals surface area contributed by atoms with Gasteiger partial charge in [-0.25, -0.2) is 0 Å². The second-order valence-electron chi connectivity index (χ2n) is 2.63. The van der Waals surface area contributed by atoms with Gasteiger partial charge in [0.15, 0.2) is 0 Å². The van der Waals surface area contributed by atoms with E-state index < -0.39 is 0 Å². The van der Waals surface area contributed by atoms with Gasteiger partial charge in [0.05, 0.1) is 0 Å². The third-order valence-corrected chi connectivity index (χ3v) is 2.51. The van der Waals surface area contributed by atoms with Crippen LogP contribution in [0.2, 0.25) is 0 Å². The monoisotopic (exact) mass is 378 g/mol. The predicted molar refractivity (Wildman–Crippen MR) is 72.9 cm³/mol. The van der Waals surface area contributed by atoms with Gasteiger partial charge >= 0.3 is 0 Å². The topological polar surface area (TPSA) is 0 Å². The van der Waals surface area contributed by atoms with Crippen LogP contribution in [0, 0.1) is 3.57 Å². The normalized spacial score (nSPS) is 8.13. The molecule has 0 atom stereocenters. The molecule has 0 N–H and O–H groups in total. The minimum atomic E-state index is 0. The zero-order valence-electron chi connectivity index (χ0n) is 8.31. The molecule has 0 aliphatic rings. The van der Waals surface area contributed by atoms with Crippen molar-refractivity contribution in [1.29, 1.82) is 0 Å². The SMILES string of the molecule is Ic1ccccc1.Sc1ccccc1.[Zn]. The van der Waals surface area contributed by atoms with Gasteiger partial charge in [0, 0.05) is 27.9 Å². The van der Waals surface area contributed by atoms with Crippen LogP contribution in [0.25, 0.3) is 0 Å². The number of halogens is 1. The van der Waals surface area contributed by atoms with Gasteiger partial charge < -0.3 is 0 Å². The Morgan fingerprint density at radius 3 is 1.33 bits per heavy atom. The molecule has 2 aromatic rings. The molecular weight excluding hydrogens is 368 g/mol. The van der Waals surface area contributed by atoms with E-state index in [0.717, 1.165) is 4.90 Å². The standard InChI is InChI=1S/C6H5I.C6H6S.Zn/c2*7-6-4-2-1-3-5-6;/h1-5H;1-5,7H;. The van der Waals surface area contributed by atoms with Gasteiger partial charge in [0.25, 0.3) is 0 Å². The summed E-state index contributed by atoms with van der Waals surface area (Å²) in [6.45, 7) is 0. The summed E-state index contributed by atoms with van der Waals surface area (Å²) in [6, 6.07) is 20.0. The Morgan fingerprint density at radius 1 is 0.733 bits per heavy atom. The van der Waals surface area contributed by atoms with Crippen molar-refractivity contribution in [3.63, 3.8) is 0 Å². The molecule has 0 aromatic heterocycles. The predicted octanol–water partition coefficient (Wildman–Crippen LogP) is 4.26. The van der Waals surface area contributed by atoms with Crippen molar-refractivity contribution in [1.82, 2.24) is 0 Å². The van der Waals surface area contributed by atoms with Crippen molar-refractivity contribution in [2.24, 2.45) is 0 Å². The Kier molecular flexibility index (Phi) is 9.46. The van der Waals surface area contributed by atoms with Crippen LogP contribution in [0.1, 0.15) is 0 Å². The third kappa shape index (κ3) is 8.00. The molecule has 0 unspecified atom stereocenters. The molecule has 0 nitrogen and oxygen atoms in total. The van der Waals surface area contributed by atoms with Gasteiger partial charge in [0.1, 0.15) is 0 Å². The summed E-state index contributed by atoms with van der Waals surface area (Å²) in [6.07, 6.45) is 0. The molecule has 0 amide bonds. The Labute approximate surface area is 123 Å². The summed E-state index contributed by atoms with van der Waals surface area (Å²) in [7, 11) is 0. The second kappa shape index (κ2) is 9.38. The van der Waals surface area contributed by atoms with Gasteiger partial charge in [-0.2, -0.15) is 0 Å². The van der Waals surface area contributed by atoms with E-state index in [1.54, 1.807) is 0 Å². The van der Waals surface area contributed by atoms with Gasteiger partial charge in [-0.3, -0.25) is 0 Å². The smallest absolute Gasteiger partial charge is 0.0130 e. The van der Waals surface area contributed by atoms with E-state index in [-0.39, 0.29) is 19.5 Å². The van der Waals surface area contributed by atoms with E-state index in [2.05, 4.69) is 47.4 Å². The molecule has 0 heterocycles. The third-order valence-electron chi connectivity index (χ3n) is 1.49. The van der Waals surface area contributed by atoms with E-state index in [0.29, 0.717) is 0 Å². The fourth-order valence-corrected chi connectivity index (χ4v) is 1.43. The molecule has 2 rings (SSSR count). The maximum absolute atomic E-state index is 4.08. The van der Waals surface area contributed by atoms with E-state index in [9.17, 15) is 0 Å². The number of rotatable bonds is 0. The molecule has 0 fully saturated rings. The van der Waals surface area contributed by atoms with E-state index >= 15 is 0 Å². The maximum Gasteiger partial charge on any atom is 0.0130 e. The summed E-state index contributed by atoms with van der Waals surface area (Å²) < 4.78 is 1.29. The number of thiol groups is 1. The van der Waals surface area contributed by atoms with Crippen molar-refractivity contribution < 1.29 is 19.5 Å². The van der Waals surface area contributed by atoms with Gasteiger partial charge in [-0.1, -0.05) is 36.4 Å². The Balaban J connectivity index is 0.000000245. The zero-order valence-corrected chi connectivity index (χ0v) is 14.3. The molecular formula is C12H11ISZn. The quantitative estimate of drug-likeness (QED) is 0.395. The fraction of sp³-hybridized carbons (Fsp3) is 0. The minimum absolute atomic E-state index is 0. The first kappa shape index (κ1) is 15.1. The van der Waals surface area contributed by atoms with Crippen molar-refractivity contribution >= 4 is 35.2 Å². The van der Waals surface area contributed by atoms with Crippen LogP contribution in [-0.4, -0.2) is 0 Å². The largest absolute Gasteiger partial charge is 0.143 e. The molecule has 0 bridgehead atoms. The van der Waals surface area contributed by atoms with E-state index in [1.807, 2.05) is 48.5 Å². The average Bonchev–Trinajstić information content (AvgIpc) is 2.21. The fourth-order valence-electron chi connectivity index (χ4n) is 0.843. The van der Waals surface area contributed by atoms with Crippen molar-refractivity contribution in [3.05, 3.63) is 64.2 Å². The van der Waals surface area contributed by atoms with Crippen LogP contribution in [0.4, 0.5) is 0 Å². The Morgan fingerprint density at radius 2 is 1.13 bits per heavy atom. The van der Waals surface area contributed by atoms with E-state index in [1.165, 1.54) is 3.57 Å². The van der Waals surface area contributed by atoms with Gasteiger partial charge in [0.2, 0.25) is 0 Å². The first-order valence-corrected chi connectivity index (χ1v) is 5.76. The molecule has 15 heavy (non-hydrogen) atoms. The minimum Gasteiger partial charge on any atom is -0.143 e. The van der Waals surface area contributed by atoms with Crippen LogP contribution in [0.5, 0.6) is 0 Å². The van der Waals surface area contributed by atoms with Crippen molar-refractivity contribution in [3.8, 4) is 0 Å². The molecule has 0 saturated heterocycles. The van der Waals surface area contributed by atoms with Crippen molar-refractivity contribution in [2.75, 3.05) is 0 Å². The van der Waals surface area contributed by atoms with Crippen LogP contribution in [0.3, 0.4) is 0 Å². The van der Waals surface area contributed by atoms with Crippen LogP contribution in [0.15, 0.2) is 65.6 Å². The summed E-state index contributed by atoms with van der Waals surface area (Å²) in [5.41, 5.74) is 0. The molecule has 74 valence electrons. The molecule has 0 radical (unpaired) electrons. The molecule has 0 aliphatic carbocycles.